The fourth-order valence-electron chi connectivity index (χ4n) is 3.84. The van der Waals surface area contributed by atoms with Crippen molar-refractivity contribution in [2.45, 2.75) is 32.1 Å². The molecule has 2 unspecified atom stereocenters. The summed E-state index contributed by atoms with van der Waals surface area (Å²) in [4.78, 5) is 2.33. The molecule has 2 heterocycles. The third-order valence-electron chi connectivity index (χ3n) is 5.14. The number of hydrogen-bond donors (Lipinski definition) is 1. The highest BCUT2D eigenvalue weighted by Gasteiger charge is 2.49. The van der Waals surface area contributed by atoms with E-state index in [1.807, 2.05) is 0 Å². The van der Waals surface area contributed by atoms with Crippen LogP contribution in [-0.2, 0) is 12.7 Å². The Morgan fingerprint density at radius 3 is 2.71 bits per heavy atom. The molecule has 2 fully saturated rings. The van der Waals surface area contributed by atoms with Gasteiger partial charge in [-0.1, -0.05) is 18.2 Å². The Morgan fingerprint density at radius 1 is 1.29 bits per heavy atom. The molecule has 0 amide bonds. The van der Waals surface area contributed by atoms with Crippen molar-refractivity contribution < 1.29 is 13.2 Å². The van der Waals surface area contributed by atoms with Crippen LogP contribution in [0, 0.1) is 11.8 Å². The van der Waals surface area contributed by atoms with Gasteiger partial charge in [-0.2, -0.15) is 13.2 Å². The second-order valence-corrected chi connectivity index (χ2v) is 6.76. The number of alkyl halides is 3. The Balaban J connectivity index is 1.78. The third-order valence-corrected chi connectivity index (χ3v) is 5.14. The lowest BCUT2D eigenvalue weighted by atomic mass is 9.85. The molecule has 0 spiro atoms. The van der Waals surface area contributed by atoms with E-state index in [2.05, 4.69) is 24.1 Å². The smallest absolute Gasteiger partial charge is 0.316 e. The molecule has 2 atom stereocenters. The average Bonchev–Trinajstić information content (AvgIpc) is 2.93. The second-order valence-electron chi connectivity index (χ2n) is 6.76. The van der Waals surface area contributed by atoms with Gasteiger partial charge in [-0.3, -0.25) is 4.90 Å². The SMILES string of the molecule is CC1(C)C2CNCC2CN1Cc1cccc(C(F)(F)F)c1. The van der Waals surface area contributed by atoms with E-state index in [1.54, 1.807) is 6.07 Å². The van der Waals surface area contributed by atoms with Crippen molar-refractivity contribution in [3.05, 3.63) is 35.4 Å². The van der Waals surface area contributed by atoms with Crippen molar-refractivity contribution in [3.8, 4) is 0 Å². The molecule has 0 radical (unpaired) electrons. The Kier molecular flexibility index (Phi) is 3.53. The minimum atomic E-state index is -4.27. The highest BCUT2D eigenvalue weighted by Crippen LogP contribution is 2.41. The van der Waals surface area contributed by atoms with Gasteiger partial charge < -0.3 is 5.32 Å². The summed E-state index contributed by atoms with van der Waals surface area (Å²) in [5.74, 6) is 1.20. The topological polar surface area (TPSA) is 15.3 Å². The van der Waals surface area contributed by atoms with E-state index in [9.17, 15) is 13.2 Å². The lowest BCUT2D eigenvalue weighted by Gasteiger charge is -2.35. The first kappa shape index (κ1) is 14.9. The summed E-state index contributed by atoms with van der Waals surface area (Å²) in [6, 6.07) is 5.71. The van der Waals surface area contributed by atoms with Gasteiger partial charge in [-0.25, -0.2) is 0 Å². The van der Waals surface area contributed by atoms with Gasteiger partial charge in [0.05, 0.1) is 5.56 Å². The van der Waals surface area contributed by atoms with Crippen LogP contribution in [0.5, 0.6) is 0 Å². The number of hydrogen-bond acceptors (Lipinski definition) is 2. The Labute approximate surface area is 123 Å². The molecule has 3 rings (SSSR count). The van der Waals surface area contributed by atoms with Gasteiger partial charge in [0, 0.05) is 25.2 Å². The first-order valence-corrected chi connectivity index (χ1v) is 7.40. The third kappa shape index (κ3) is 2.69. The normalized spacial score (nSPS) is 28.8. The van der Waals surface area contributed by atoms with Gasteiger partial charge in [-0.15, -0.1) is 0 Å². The van der Waals surface area contributed by atoms with Crippen LogP contribution in [0.3, 0.4) is 0 Å². The molecular formula is C16H21F3N2. The van der Waals surface area contributed by atoms with Crippen LogP contribution in [0.25, 0.3) is 0 Å². The first-order valence-electron chi connectivity index (χ1n) is 7.40. The summed E-state index contributed by atoms with van der Waals surface area (Å²) in [6.07, 6.45) is -4.27. The maximum absolute atomic E-state index is 12.8. The van der Waals surface area contributed by atoms with Gasteiger partial charge in [0.1, 0.15) is 0 Å². The number of nitrogens with zero attached hydrogens (tertiary/aromatic N) is 1. The standard InChI is InChI=1S/C16H21F3N2/c1-15(2)14-8-20-7-12(14)10-21(15)9-11-4-3-5-13(6-11)16(17,18)19/h3-6,12,14,20H,7-10H2,1-2H3. The van der Waals surface area contributed by atoms with Crippen LogP contribution in [0.1, 0.15) is 25.0 Å². The highest BCUT2D eigenvalue weighted by atomic mass is 19.4. The van der Waals surface area contributed by atoms with Crippen LogP contribution < -0.4 is 5.32 Å². The number of benzene rings is 1. The minimum Gasteiger partial charge on any atom is -0.316 e. The molecule has 5 heteroatoms. The van der Waals surface area contributed by atoms with Gasteiger partial charge >= 0.3 is 6.18 Å². The molecule has 116 valence electrons. The van der Waals surface area contributed by atoms with Gasteiger partial charge in [0.2, 0.25) is 0 Å². The van der Waals surface area contributed by atoms with E-state index < -0.39 is 11.7 Å². The van der Waals surface area contributed by atoms with Crippen LogP contribution >= 0.6 is 0 Å². The lowest BCUT2D eigenvalue weighted by Crippen LogP contribution is -2.43. The Hall–Kier alpha value is -1.07. The quantitative estimate of drug-likeness (QED) is 0.902. The predicted molar refractivity (Wildman–Crippen MR) is 75.8 cm³/mol. The minimum absolute atomic E-state index is 0.0302. The predicted octanol–water partition coefficient (Wildman–Crippen LogP) is 3.14. The van der Waals surface area contributed by atoms with Gasteiger partial charge in [0.15, 0.2) is 0 Å². The van der Waals surface area contributed by atoms with E-state index >= 15 is 0 Å². The summed E-state index contributed by atoms with van der Waals surface area (Å²) in [7, 11) is 0. The van der Waals surface area contributed by atoms with E-state index in [0.29, 0.717) is 18.4 Å². The molecule has 1 N–H and O–H groups in total. The molecule has 2 aliphatic rings. The van der Waals surface area contributed by atoms with Crippen LogP contribution in [-0.4, -0.2) is 30.1 Å². The zero-order valence-corrected chi connectivity index (χ0v) is 12.4. The maximum atomic E-state index is 12.8. The van der Waals surface area contributed by atoms with Gasteiger partial charge in [0.25, 0.3) is 0 Å². The number of halogens is 3. The molecule has 2 saturated heterocycles. The van der Waals surface area contributed by atoms with Crippen molar-refractivity contribution in [3.63, 3.8) is 0 Å². The molecule has 1 aromatic rings. The van der Waals surface area contributed by atoms with E-state index in [-0.39, 0.29) is 5.54 Å². The fraction of sp³-hybridized carbons (Fsp3) is 0.625. The summed E-state index contributed by atoms with van der Waals surface area (Å²) in [5, 5.41) is 3.42. The molecular weight excluding hydrogens is 277 g/mol. The zero-order valence-electron chi connectivity index (χ0n) is 12.4. The molecule has 0 aromatic heterocycles. The Morgan fingerprint density at radius 2 is 2.05 bits per heavy atom. The van der Waals surface area contributed by atoms with Crippen molar-refractivity contribution in [2.75, 3.05) is 19.6 Å². The largest absolute Gasteiger partial charge is 0.416 e. The molecule has 1 aromatic carbocycles. The summed E-state index contributed by atoms with van der Waals surface area (Å²) in [5.41, 5.74) is 0.215. The van der Waals surface area contributed by atoms with E-state index in [4.69, 9.17) is 0 Å². The molecule has 2 nitrogen and oxygen atoms in total. The van der Waals surface area contributed by atoms with Crippen molar-refractivity contribution in [1.29, 1.82) is 0 Å². The first-order chi connectivity index (χ1) is 9.78. The van der Waals surface area contributed by atoms with E-state index in [0.717, 1.165) is 31.3 Å². The summed E-state index contributed by atoms with van der Waals surface area (Å²) in [6.45, 7) is 7.99. The molecule has 0 bridgehead atoms. The maximum Gasteiger partial charge on any atom is 0.416 e. The molecule has 2 aliphatic heterocycles. The van der Waals surface area contributed by atoms with Crippen LogP contribution in [0.15, 0.2) is 24.3 Å². The summed E-state index contributed by atoms with van der Waals surface area (Å²) >= 11 is 0. The van der Waals surface area contributed by atoms with Crippen molar-refractivity contribution >= 4 is 0 Å². The number of likely N-dealkylation sites (tertiary alicyclic amines) is 1. The highest BCUT2D eigenvalue weighted by molar-refractivity contribution is 5.26. The molecule has 21 heavy (non-hydrogen) atoms. The number of rotatable bonds is 2. The zero-order chi connectivity index (χ0) is 15.3. The fourth-order valence-corrected chi connectivity index (χ4v) is 3.84. The lowest BCUT2D eigenvalue weighted by molar-refractivity contribution is -0.137. The monoisotopic (exact) mass is 298 g/mol. The van der Waals surface area contributed by atoms with E-state index in [1.165, 1.54) is 12.1 Å². The van der Waals surface area contributed by atoms with Crippen LogP contribution in [0.2, 0.25) is 0 Å². The number of nitrogens with one attached hydrogen (secondary N) is 1. The van der Waals surface area contributed by atoms with Crippen molar-refractivity contribution in [2.24, 2.45) is 11.8 Å². The Bertz CT molecular complexity index is 524. The molecule has 0 aliphatic carbocycles. The molecule has 0 saturated carbocycles. The van der Waals surface area contributed by atoms with Crippen molar-refractivity contribution in [1.82, 2.24) is 10.2 Å². The second kappa shape index (κ2) is 4.99. The van der Waals surface area contributed by atoms with Crippen LogP contribution in [0.4, 0.5) is 13.2 Å². The van der Waals surface area contributed by atoms with Gasteiger partial charge in [-0.05, 0) is 43.9 Å². The summed E-state index contributed by atoms with van der Waals surface area (Å²) < 4.78 is 38.4. The average molecular weight is 298 g/mol. The number of fused-ring (bicyclic) bond motifs is 1.